The highest BCUT2D eigenvalue weighted by Crippen LogP contribution is 2.32. The highest BCUT2D eigenvalue weighted by molar-refractivity contribution is 7.89. The highest BCUT2D eigenvalue weighted by Gasteiger charge is 2.38. The smallest absolute Gasteiger partial charge is 0.273 e. The lowest BCUT2D eigenvalue weighted by Gasteiger charge is -2.33. The van der Waals surface area contributed by atoms with Gasteiger partial charge in [-0.25, -0.2) is 8.42 Å². The molecule has 0 aliphatic carbocycles. The van der Waals surface area contributed by atoms with E-state index in [-0.39, 0.29) is 28.6 Å². The maximum atomic E-state index is 12.9. The minimum absolute atomic E-state index is 0. The molecular weight excluding hydrogens is 342 g/mol. The SMILES string of the molecule is Cc1c([N+](=O)[O-])cccc1S(=O)(=O)N1CCC2CNCC2C1.Cl. The molecule has 2 heterocycles. The van der Waals surface area contributed by atoms with Gasteiger partial charge in [-0.3, -0.25) is 10.1 Å². The van der Waals surface area contributed by atoms with E-state index < -0.39 is 14.9 Å². The quantitative estimate of drug-likeness (QED) is 0.651. The van der Waals surface area contributed by atoms with Crippen molar-refractivity contribution in [1.29, 1.82) is 0 Å². The van der Waals surface area contributed by atoms with Crippen molar-refractivity contribution in [2.24, 2.45) is 11.8 Å². The van der Waals surface area contributed by atoms with E-state index in [1.165, 1.54) is 29.4 Å². The number of nitrogens with zero attached hydrogens (tertiary/aromatic N) is 2. The van der Waals surface area contributed by atoms with Gasteiger partial charge in [-0.2, -0.15) is 4.31 Å². The molecule has 7 nitrogen and oxygen atoms in total. The molecule has 128 valence electrons. The molecule has 0 bridgehead atoms. The Kier molecular flexibility index (Phi) is 5.30. The van der Waals surface area contributed by atoms with E-state index >= 15 is 0 Å². The molecule has 9 heteroatoms. The van der Waals surface area contributed by atoms with Crippen molar-refractivity contribution in [1.82, 2.24) is 9.62 Å². The van der Waals surface area contributed by atoms with E-state index in [9.17, 15) is 18.5 Å². The van der Waals surface area contributed by atoms with Gasteiger partial charge in [0.05, 0.1) is 9.82 Å². The lowest BCUT2D eigenvalue weighted by atomic mass is 9.90. The second kappa shape index (κ2) is 6.72. The fraction of sp³-hybridized carbons (Fsp3) is 0.571. The number of nitro groups is 1. The van der Waals surface area contributed by atoms with Crippen LogP contribution in [-0.2, 0) is 10.0 Å². The van der Waals surface area contributed by atoms with Gasteiger partial charge in [0.15, 0.2) is 0 Å². The van der Waals surface area contributed by atoms with Crippen molar-refractivity contribution < 1.29 is 13.3 Å². The molecule has 1 aromatic carbocycles. The van der Waals surface area contributed by atoms with Gasteiger partial charge in [0.25, 0.3) is 5.69 Å². The zero-order valence-corrected chi connectivity index (χ0v) is 14.4. The molecule has 0 saturated carbocycles. The number of rotatable bonds is 3. The number of halogens is 1. The van der Waals surface area contributed by atoms with Crippen molar-refractivity contribution in [3.8, 4) is 0 Å². The first kappa shape index (κ1) is 18.1. The lowest BCUT2D eigenvalue weighted by molar-refractivity contribution is -0.385. The van der Waals surface area contributed by atoms with Crippen LogP contribution in [0.5, 0.6) is 0 Å². The maximum absolute atomic E-state index is 12.9. The van der Waals surface area contributed by atoms with Crippen LogP contribution in [-0.4, -0.2) is 43.8 Å². The molecule has 1 aromatic rings. The number of nitro benzene ring substituents is 1. The van der Waals surface area contributed by atoms with Gasteiger partial charge in [0, 0.05) is 24.7 Å². The molecule has 2 aliphatic rings. The summed E-state index contributed by atoms with van der Waals surface area (Å²) in [4.78, 5) is 10.5. The second-order valence-electron chi connectivity index (χ2n) is 5.99. The maximum Gasteiger partial charge on any atom is 0.273 e. The third-order valence-corrected chi connectivity index (χ3v) is 6.75. The molecule has 2 unspecified atom stereocenters. The summed E-state index contributed by atoms with van der Waals surface area (Å²) in [5, 5.41) is 14.3. The summed E-state index contributed by atoms with van der Waals surface area (Å²) >= 11 is 0. The first-order valence-corrected chi connectivity index (χ1v) is 8.80. The van der Waals surface area contributed by atoms with Crippen LogP contribution < -0.4 is 5.32 Å². The predicted octanol–water partition coefficient (Wildman–Crippen LogP) is 1.56. The molecule has 23 heavy (non-hydrogen) atoms. The van der Waals surface area contributed by atoms with E-state index in [0.717, 1.165) is 19.5 Å². The van der Waals surface area contributed by atoms with Gasteiger partial charge in [-0.15, -0.1) is 12.4 Å². The van der Waals surface area contributed by atoms with Gasteiger partial charge in [-0.1, -0.05) is 6.07 Å². The normalized spacial score (nSPS) is 24.7. The molecule has 0 aromatic heterocycles. The van der Waals surface area contributed by atoms with Crippen LogP contribution in [0.3, 0.4) is 0 Å². The molecule has 0 spiro atoms. The molecule has 0 radical (unpaired) electrons. The summed E-state index contributed by atoms with van der Waals surface area (Å²) in [6, 6.07) is 4.22. The summed E-state index contributed by atoms with van der Waals surface area (Å²) in [6.07, 6.45) is 0.838. The third kappa shape index (κ3) is 3.21. The summed E-state index contributed by atoms with van der Waals surface area (Å²) in [5.41, 5.74) is 0.0534. The van der Waals surface area contributed by atoms with Gasteiger partial charge in [0.1, 0.15) is 0 Å². The number of hydrogen-bond acceptors (Lipinski definition) is 5. The van der Waals surface area contributed by atoms with Crippen molar-refractivity contribution in [3.05, 3.63) is 33.9 Å². The van der Waals surface area contributed by atoms with Crippen LogP contribution in [0, 0.1) is 28.9 Å². The Morgan fingerprint density at radius 3 is 2.70 bits per heavy atom. The zero-order valence-electron chi connectivity index (χ0n) is 12.8. The van der Waals surface area contributed by atoms with E-state index in [1.54, 1.807) is 0 Å². The fourth-order valence-corrected chi connectivity index (χ4v) is 5.19. The average molecular weight is 362 g/mol. The molecule has 2 saturated heterocycles. The number of benzene rings is 1. The van der Waals surface area contributed by atoms with Crippen molar-refractivity contribution in [2.75, 3.05) is 26.2 Å². The number of sulfonamides is 1. The minimum Gasteiger partial charge on any atom is -0.316 e. The Bertz CT molecular complexity index is 710. The van der Waals surface area contributed by atoms with Gasteiger partial charge in [-0.05, 0) is 44.3 Å². The summed E-state index contributed by atoms with van der Waals surface area (Å²) in [5.74, 6) is 0.875. The molecule has 3 rings (SSSR count). The molecule has 2 aliphatic heterocycles. The van der Waals surface area contributed by atoms with Crippen LogP contribution in [0.2, 0.25) is 0 Å². The fourth-order valence-electron chi connectivity index (χ4n) is 3.44. The van der Waals surface area contributed by atoms with Gasteiger partial charge >= 0.3 is 0 Å². The molecular formula is C14H20ClN3O4S. The standard InChI is InChI=1S/C14H19N3O4S.ClH/c1-10-13(17(18)19)3-2-4-14(10)22(20,21)16-6-5-11-7-15-8-12(11)9-16;/h2-4,11-12,15H,5-9H2,1H3;1H. The van der Waals surface area contributed by atoms with Crippen LogP contribution in [0.4, 0.5) is 5.69 Å². The van der Waals surface area contributed by atoms with Crippen LogP contribution in [0.15, 0.2) is 23.1 Å². The topological polar surface area (TPSA) is 92.5 Å². The Morgan fingerprint density at radius 2 is 2.00 bits per heavy atom. The van der Waals surface area contributed by atoms with Crippen LogP contribution in [0.25, 0.3) is 0 Å². The van der Waals surface area contributed by atoms with Crippen molar-refractivity contribution in [3.63, 3.8) is 0 Å². The van der Waals surface area contributed by atoms with E-state index in [1.807, 2.05) is 0 Å². The Morgan fingerprint density at radius 1 is 1.30 bits per heavy atom. The van der Waals surface area contributed by atoms with Gasteiger partial charge in [0.2, 0.25) is 10.0 Å². The van der Waals surface area contributed by atoms with E-state index in [4.69, 9.17) is 0 Å². The van der Waals surface area contributed by atoms with Crippen LogP contribution in [0.1, 0.15) is 12.0 Å². The third-order valence-electron chi connectivity index (χ3n) is 4.74. The van der Waals surface area contributed by atoms with Crippen molar-refractivity contribution >= 4 is 28.1 Å². The molecule has 1 N–H and O–H groups in total. The first-order valence-electron chi connectivity index (χ1n) is 7.36. The largest absolute Gasteiger partial charge is 0.316 e. The van der Waals surface area contributed by atoms with Gasteiger partial charge < -0.3 is 5.32 Å². The van der Waals surface area contributed by atoms with Crippen molar-refractivity contribution in [2.45, 2.75) is 18.2 Å². The summed E-state index contributed by atoms with van der Waals surface area (Å²) in [6.45, 7) is 4.25. The number of piperidine rings is 1. The van der Waals surface area contributed by atoms with E-state index in [2.05, 4.69) is 5.32 Å². The Balaban J connectivity index is 0.00000192. The monoisotopic (exact) mass is 361 g/mol. The number of fused-ring (bicyclic) bond motifs is 1. The minimum atomic E-state index is -3.69. The molecule has 0 amide bonds. The summed E-state index contributed by atoms with van der Waals surface area (Å²) < 4.78 is 27.2. The zero-order chi connectivity index (χ0) is 15.9. The average Bonchev–Trinajstić information content (AvgIpc) is 2.94. The second-order valence-corrected chi connectivity index (χ2v) is 7.89. The Labute approximate surface area is 141 Å². The molecule has 2 fully saturated rings. The number of hydrogen-bond donors (Lipinski definition) is 1. The molecule has 2 atom stereocenters. The van der Waals surface area contributed by atoms with Crippen LogP contribution >= 0.6 is 12.4 Å². The summed E-state index contributed by atoms with van der Waals surface area (Å²) in [7, 11) is -3.69. The predicted molar refractivity (Wildman–Crippen MR) is 88.3 cm³/mol. The Hall–Kier alpha value is -1.22. The lowest BCUT2D eigenvalue weighted by Crippen LogP contribution is -2.43. The number of nitrogens with one attached hydrogen (secondary N) is 1. The first-order chi connectivity index (χ1) is 10.4. The highest BCUT2D eigenvalue weighted by atomic mass is 35.5. The van der Waals surface area contributed by atoms with E-state index in [0.29, 0.717) is 24.9 Å².